The van der Waals surface area contributed by atoms with E-state index in [1.807, 2.05) is 20.8 Å². The van der Waals surface area contributed by atoms with Crippen LogP contribution in [0.4, 0.5) is 11.6 Å². The predicted molar refractivity (Wildman–Crippen MR) is 68.7 cm³/mol. The molecule has 17 heavy (non-hydrogen) atoms. The zero-order valence-electron chi connectivity index (χ0n) is 10.6. The Morgan fingerprint density at radius 1 is 1.35 bits per heavy atom. The maximum Gasteiger partial charge on any atom is 0.148 e. The van der Waals surface area contributed by atoms with Crippen molar-refractivity contribution in [2.75, 3.05) is 17.3 Å². The van der Waals surface area contributed by atoms with Gasteiger partial charge in [-0.2, -0.15) is 0 Å². The van der Waals surface area contributed by atoms with Gasteiger partial charge in [-0.1, -0.05) is 20.8 Å². The number of anilines is 2. The van der Waals surface area contributed by atoms with Gasteiger partial charge in [-0.3, -0.25) is 0 Å². The molecule has 5 N–H and O–H groups in total. The zero-order chi connectivity index (χ0) is 12.8. The fraction of sp³-hybridized carbons (Fsp3) is 0.636. The minimum absolute atomic E-state index is 0.00646. The van der Waals surface area contributed by atoms with Crippen LogP contribution in [0.5, 0.6) is 0 Å². The van der Waals surface area contributed by atoms with Crippen LogP contribution in [0.25, 0.3) is 0 Å². The lowest BCUT2D eigenvalue weighted by molar-refractivity contribution is 0.271. The summed E-state index contributed by atoms with van der Waals surface area (Å²) < 4.78 is 0. The lowest BCUT2D eigenvalue weighted by Gasteiger charge is -2.20. The van der Waals surface area contributed by atoms with Crippen LogP contribution in [0, 0.1) is 0 Å². The summed E-state index contributed by atoms with van der Waals surface area (Å²) >= 11 is 0. The van der Waals surface area contributed by atoms with Gasteiger partial charge < -0.3 is 15.8 Å². The van der Waals surface area contributed by atoms with E-state index < -0.39 is 0 Å². The molecule has 1 rings (SSSR count). The average Bonchev–Trinajstić information content (AvgIpc) is 2.34. The molecule has 0 amide bonds. The van der Waals surface area contributed by atoms with Gasteiger partial charge >= 0.3 is 0 Å². The van der Waals surface area contributed by atoms with E-state index in [4.69, 9.17) is 5.84 Å². The first-order valence-electron chi connectivity index (χ1n) is 5.82. The molecule has 0 fully saturated rings. The van der Waals surface area contributed by atoms with Crippen LogP contribution in [0.2, 0.25) is 0 Å². The van der Waals surface area contributed by atoms with Crippen molar-refractivity contribution in [2.24, 2.45) is 5.84 Å². The van der Waals surface area contributed by atoms with Crippen molar-refractivity contribution in [2.45, 2.75) is 39.2 Å². The molecule has 1 aromatic rings. The van der Waals surface area contributed by atoms with Gasteiger partial charge in [0, 0.05) is 5.56 Å². The van der Waals surface area contributed by atoms with Gasteiger partial charge in [0.25, 0.3) is 0 Å². The zero-order valence-corrected chi connectivity index (χ0v) is 10.6. The van der Waals surface area contributed by atoms with Crippen LogP contribution in [0.3, 0.4) is 0 Å². The van der Waals surface area contributed by atoms with Crippen LogP contribution < -0.4 is 16.6 Å². The lowest BCUT2D eigenvalue weighted by Crippen LogP contribution is -2.25. The molecular formula is C11H21N5O. The third-order valence-electron chi connectivity index (χ3n) is 2.65. The quantitative estimate of drug-likeness (QED) is 0.438. The number of hydrogen-bond acceptors (Lipinski definition) is 6. The molecule has 1 unspecified atom stereocenters. The van der Waals surface area contributed by atoms with Crippen LogP contribution in [-0.2, 0) is 0 Å². The van der Waals surface area contributed by atoms with E-state index in [0.717, 1.165) is 17.8 Å². The van der Waals surface area contributed by atoms with E-state index in [0.29, 0.717) is 5.82 Å². The van der Waals surface area contributed by atoms with Gasteiger partial charge in [-0.05, 0) is 12.3 Å². The molecule has 1 heterocycles. The van der Waals surface area contributed by atoms with Gasteiger partial charge in [-0.25, -0.2) is 15.8 Å². The first-order chi connectivity index (χ1) is 8.13. The molecule has 0 radical (unpaired) electrons. The number of aliphatic hydroxyl groups is 1. The number of hydrogen-bond donors (Lipinski definition) is 4. The smallest absolute Gasteiger partial charge is 0.148 e. The van der Waals surface area contributed by atoms with E-state index >= 15 is 0 Å². The van der Waals surface area contributed by atoms with Gasteiger partial charge in [0.2, 0.25) is 0 Å². The monoisotopic (exact) mass is 239 g/mol. The number of nitrogens with two attached hydrogens (primary N) is 1. The second kappa shape index (κ2) is 6.36. The highest BCUT2D eigenvalue weighted by molar-refractivity contribution is 5.58. The number of aromatic nitrogens is 2. The molecule has 96 valence electrons. The Bertz CT molecular complexity index is 352. The summed E-state index contributed by atoms with van der Waals surface area (Å²) in [5.41, 5.74) is 3.51. The highest BCUT2D eigenvalue weighted by atomic mass is 16.3. The third-order valence-corrected chi connectivity index (χ3v) is 2.65. The fourth-order valence-electron chi connectivity index (χ4n) is 1.64. The molecule has 0 aliphatic heterocycles. The topological polar surface area (TPSA) is 96.1 Å². The average molecular weight is 239 g/mol. The summed E-state index contributed by atoms with van der Waals surface area (Å²) in [4.78, 5) is 8.30. The largest absolute Gasteiger partial charge is 0.394 e. The molecule has 0 saturated carbocycles. The second-order valence-electron chi connectivity index (χ2n) is 4.22. The number of nitrogens with zero attached hydrogens (tertiary/aromatic N) is 2. The second-order valence-corrected chi connectivity index (χ2v) is 4.22. The summed E-state index contributed by atoms with van der Waals surface area (Å²) in [6.45, 7) is 6.17. The van der Waals surface area contributed by atoms with Crippen LogP contribution in [0.1, 0.15) is 38.7 Å². The highest BCUT2D eigenvalue weighted by Gasteiger charge is 2.16. The molecule has 0 aromatic carbocycles. The number of rotatable bonds is 6. The lowest BCUT2D eigenvalue weighted by atomic mass is 10.0. The number of hydrazine groups is 1. The van der Waals surface area contributed by atoms with Crippen molar-refractivity contribution < 1.29 is 5.11 Å². The van der Waals surface area contributed by atoms with E-state index in [2.05, 4.69) is 20.7 Å². The Morgan fingerprint density at radius 3 is 2.47 bits per heavy atom. The molecular weight excluding hydrogens is 218 g/mol. The first-order valence-corrected chi connectivity index (χ1v) is 5.82. The number of nitrogen functional groups attached to an aromatic ring is 1. The summed E-state index contributed by atoms with van der Waals surface area (Å²) in [5.74, 6) is 7.01. The Morgan fingerprint density at radius 2 is 2.00 bits per heavy atom. The summed E-state index contributed by atoms with van der Waals surface area (Å²) in [6.07, 6.45) is 2.27. The predicted octanol–water partition coefficient (Wildman–Crippen LogP) is 1.07. The molecule has 1 aromatic heterocycles. The van der Waals surface area contributed by atoms with Crippen molar-refractivity contribution in [3.8, 4) is 0 Å². The standard InChI is InChI=1S/C11H21N5O/c1-4-8(5-17)15-10-9(7(2)3)11(16-12)14-6-13-10/h6-8,17H,4-5,12H2,1-3H3,(H2,13,14,15,16). The van der Waals surface area contributed by atoms with Gasteiger partial charge in [0.05, 0.1) is 12.6 Å². The Kier molecular flexibility index (Phi) is 5.11. The van der Waals surface area contributed by atoms with E-state index in [1.165, 1.54) is 6.33 Å². The van der Waals surface area contributed by atoms with Crippen LogP contribution in [-0.4, -0.2) is 27.7 Å². The van der Waals surface area contributed by atoms with Crippen molar-refractivity contribution in [1.29, 1.82) is 0 Å². The molecule has 0 saturated heterocycles. The fourth-order valence-corrected chi connectivity index (χ4v) is 1.64. The van der Waals surface area contributed by atoms with Crippen LogP contribution >= 0.6 is 0 Å². The van der Waals surface area contributed by atoms with E-state index in [9.17, 15) is 5.11 Å². The van der Waals surface area contributed by atoms with Gasteiger partial charge in [-0.15, -0.1) is 0 Å². The van der Waals surface area contributed by atoms with Crippen molar-refractivity contribution in [3.63, 3.8) is 0 Å². The van der Waals surface area contributed by atoms with Crippen molar-refractivity contribution in [1.82, 2.24) is 9.97 Å². The minimum atomic E-state index is -0.00646. The molecule has 0 aliphatic carbocycles. The Balaban J connectivity index is 3.05. The molecule has 0 bridgehead atoms. The Hall–Kier alpha value is -1.40. The minimum Gasteiger partial charge on any atom is -0.394 e. The van der Waals surface area contributed by atoms with E-state index in [1.54, 1.807) is 0 Å². The summed E-state index contributed by atoms with van der Waals surface area (Å²) in [6, 6.07) is -0.00646. The van der Waals surface area contributed by atoms with E-state index in [-0.39, 0.29) is 18.6 Å². The van der Waals surface area contributed by atoms with Gasteiger partial charge in [0.15, 0.2) is 0 Å². The Labute approximate surface area is 102 Å². The van der Waals surface area contributed by atoms with Crippen molar-refractivity contribution in [3.05, 3.63) is 11.9 Å². The third kappa shape index (κ3) is 3.28. The SMILES string of the molecule is CCC(CO)Nc1ncnc(NN)c1C(C)C. The molecule has 0 aliphatic rings. The molecule has 6 nitrogen and oxygen atoms in total. The summed E-state index contributed by atoms with van der Waals surface area (Å²) in [7, 11) is 0. The maximum absolute atomic E-state index is 9.20. The molecule has 6 heteroatoms. The number of aliphatic hydroxyl groups excluding tert-OH is 1. The molecule has 1 atom stereocenters. The first kappa shape index (κ1) is 13.7. The van der Waals surface area contributed by atoms with Gasteiger partial charge in [0.1, 0.15) is 18.0 Å². The normalized spacial score (nSPS) is 12.6. The van der Waals surface area contributed by atoms with Crippen molar-refractivity contribution >= 4 is 11.6 Å². The van der Waals surface area contributed by atoms with Crippen LogP contribution in [0.15, 0.2) is 6.33 Å². The highest BCUT2D eigenvalue weighted by Crippen LogP contribution is 2.28. The number of nitrogens with one attached hydrogen (secondary N) is 2. The molecule has 0 spiro atoms. The maximum atomic E-state index is 9.20. The summed E-state index contributed by atoms with van der Waals surface area (Å²) in [5, 5.41) is 12.4.